The normalized spacial score (nSPS) is 22.6. The molecule has 1 aromatic heterocycles. The second-order valence-electron chi connectivity index (χ2n) is 8.13. The van der Waals surface area contributed by atoms with Crippen LogP contribution >= 0.6 is 0 Å². The standard InChI is InChI=1S/C21H24N2O3S/c24-21(15-4-5-15)13-16-12-19(18-2-1-3-20(18)22-16)14-8-10-23(11-9-14)27(25,26)17-6-7-17/h1-2,8,12,15,17H,3-7,9-11,13H2. The maximum Gasteiger partial charge on any atom is 0.217 e. The number of carbonyl (C=O) groups is 1. The van der Waals surface area contributed by atoms with Gasteiger partial charge in [-0.25, -0.2) is 8.42 Å². The highest BCUT2D eigenvalue weighted by Crippen LogP contribution is 2.36. The summed E-state index contributed by atoms with van der Waals surface area (Å²) in [5.41, 5.74) is 5.36. The van der Waals surface area contributed by atoms with Crippen LogP contribution in [0.25, 0.3) is 11.6 Å². The summed E-state index contributed by atoms with van der Waals surface area (Å²) >= 11 is 0. The van der Waals surface area contributed by atoms with E-state index in [2.05, 4.69) is 24.3 Å². The lowest BCUT2D eigenvalue weighted by Crippen LogP contribution is -2.37. The van der Waals surface area contributed by atoms with Gasteiger partial charge in [0.15, 0.2) is 0 Å². The van der Waals surface area contributed by atoms with Crippen molar-refractivity contribution in [3.05, 3.63) is 40.7 Å². The van der Waals surface area contributed by atoms with Gasteiger partial charge in [-0.05, 0) is 49.3 Å². The fraction of sp³-hybridized carbons (Fsp3) is 0.524. The maximum atomic E-state index is 12.5. The number of ketones is 1. The zero-order valence-corrected chi connectivity index (χ0v) is 16.2. The Bertz CT molecular complexity index is 969. The summed E-state index contributed by atoms with van der Waals surface area (Å²) in [5.74, 6) is 0.551. The average Bonchev–Trinajstić information content (AvgIpc) is 3.57. The monoisotopic (exact) mass is 384 g/mol. The molecule has 2 heterocycles. The number of carbonyl (C=O) groups excluding carboxylic acids is 1. The summed E-state index contributed by atoms with van der Waals surface area (Å²) in [6.45, 7) is 0.993. The van der Waals surface area contributed by atoms with Crippen LogP contribution in [0.4, 0.5) is 0 Å². The Morgan fingerprint density at radius 1 is 1.22 bits per heavy atom. The lowest BCUT2D eigenvalue weighted by Gasteiger charge is -2.26. The van der Waals surface area contributed by atoms with Crippen molar-refractivity contribution < 1.29 is 13.2 Å². The number of rotatable bonds is 6. The average molecular weight is 385 g/mol. The molecule has 0 amide bonds. The molecule has 0 aromatic carbocycles. The fourth-order valence-corrected chi connectivity index (χ4v) is 5.86. The molecule has 1 aliphatic heterocycles. The summed E-state index contributed by atoms with van der Waals surface area (Å²) in [6, 6.07) is 2.06. The van der Waals surface area contributed by atoms with Crippen LogP contribution in [-0.4, -0.2) is 41.8 Å². The number of aromatic nitrogens is 1. The van der Waals surface area contributed by atoms with Crippen molar-refractivity contribution in [2.24, 2.45) is 5.92 Å². The zero-order valence-electron chi connectivity index (χ0n) is 15.4. The van der Waals surface area contributed by atoms with Crippen LogP contribution in [0, 0.1) is 5.92 Å². The van der Waals surface area contributed by atoms with E-state index >= 15 is 0 Å². The van der Waals surface area contributed by atoms with Crippen molar-refractivity contribution in [3.63, 3.8) is 0 Å². The number of allylic oxidation sites excluding steroid dienone is 1. The minimum atomic E-state index is -3.11. The first-order valence-corrected chi connectivity index (χ1v) is 11.4. The quantitative estimate of drug-likeness (QED) is 0.756. The Balaban J connectivity index is 1.42. The fourth-order valence-electron chi connectivity index (χ4n) is 4.08. The van der Waals surface area contributed by atoms with Gasteiger partial charge in [-0.15, -0.1) is 0 Å². The topological polar surface area (TPSA) is 67.3 Å². The highest BCUT2D eigenvalue weighted by molar-refractivity contribution is 7.90. The smallest absolute Gasteiger partial charge is 0.217 e. The molecule has 0 bridgehead atoms. The number of Topliss-reactive ketones (excluding diaryl/α,β-unsaturated/α-hetero) is 1. The SMILES string of the molecule is O=C(Cc1cc(C2=CCN(S(=O)(=O)C3CC3)CC2)c2c(n1)CC=C2)C1CC1. The molecule has 27 heavy (non-hydrogen) atoms. The second-order valence-corrected chi connectivity index (χ2v) is 10.3. The van der Waals surface area contributed by atoms with Gasteiger partial charge in [-0.2, -0.15) is 4.31 Å². The summed E-state index contributed by atoms with van der Waals surface area (Å²) in [6.07, 6.45) is 11.9. The number of fused-ring (bicyclic) bond motifs is 1. The van der Waals surface area contributed by atoms with E-state index in [0.717, 1.165) is 54.6 Å². The molecule has 5 nitrogen and oxygen atoms in total. The Hall–Kier alpha value is -1.79. The largest absolute Gasteiger partial charge is 0.299 e. The molecule has 0 N–H and O–H groups in total. The first-order chi connectivity index (χ1) is 13.0. The van der Waals surface area contributed by atoms with Crippen LogP contribution in [0.1, 0.15) is 54.6 Å². The van der Waals surface area contributed by atoms with Crippen molar-refractivity contribution in [3.8, 4) is 0 Å². The molecule has 0 atom stereocenters. The van der Waals surface area contributed by atoms with Gasteiger partial charge in [-0.1, -0.05) is 18.2 Å². The van der Waals surface area contributed by atoms with Crippen molar-refractivity contribution in [2.75, 3.05) is 13.1 Å². The molecular formula is C21H24N2O3S. The van der Waals surface area contributed by atoms with Gasteiger partial charge in [0.05, 0.1) is 10.9 Å². The van der Waals surface area contributed by atoms with Crippen LogP contribution in [-0.2, 0) is 27.7 Å². The highest BCUT2D eigenvalue weighted by atomic mass is 32.2. The van der Waals surface area contributed by atoms with Gasteiger partial charge in [0.25, 0.3) is 0 Å². The van der Waals surface area contributed by atoms with Crippen molar-refractivity contribution >= 4 is 27.5 Å². The molecule has 0 unspecified atom stereocenters. The molecule has 6 heteroatoms. The van der Waals surface area contributed by atoms with E-state index in [1.165, 1.54) is 5.57 Å². The van der Waals surface area contributed by atoms with Gasteiger partial charge in [0.1, 0.15) is 5.78 Å². The minimum Gasteiger partial charge on any atom is -0.299 e. The van der Waals surface area contributed by atoms with E-state index in [1.807, 2.05) is 0 Å². The number of hydrogen-bond donors (Lipinski definition) is 0. The van der Waals surface area contributed by atoms with Gasteiger partial charge >= 0.3 is 0 Å². The molecule has 0 spiro atoms. The molecular weight excluding hydrogens is 360 g/mol. The van der Waals surface area contributed by atoms with Gasteiger partial charge in [0, 0.05) is 43.1 Å². The van der Waals surface area contributed by atoms with Gasteiger partial charge in [-0.3, -0.25) is 9.78 Å². The van der Waals surface area contributed by atoms with Crippen LogP contribution in [0.2, 0.25) is 0 Å². The summed E-state index contributed by atoms with van der Waals surface area (Å²) in [5, 5.41) is -0.152. The van der Waals surface area contributed by atoms with Crippen molar-refractivity contribution in [1.29, 1.82) is 0 Å². The molecule has 2 saturated carbocycles. The molecule has 0 saturated heterocycles. The predicted octanol–water partition coefficient (Wildman–Crippen LogP) is 2.75. The van der Waals surface area contributed by atoms with Crippen LogP contribution in [0.15, 0.2) is 18.2 Å². The number of pyridine rings is 1. The molecule has 2 fully saturated rings. The van der Waals surface area contributed by atoms with Crippen LogP contribution < -0.4 is 0 Å². The molecule has 3 aliphatic carbocycles. The first-order valence-electron chi connectivity index (χ1n) is 9.93. The minimum absolute atomic E-state index is 0.152. The van der Waals surface area contributed by atoms with Gasteiger partial charge < -0.3 is 0 Å². The molecule has 5 rings (SSSR count). The molecule has 4 aliphatic rings. The zero-order chi connectivity index (χ0) is 18.6. The van der Waals surface area contributed by atoms with Gasteiger partial charge in [0.2, 0.25) is 10.0 Å². The van der Waals surface area contributed by atoms with Crippen molar-refractivity contribution in [1.82, 2.24) is 9.29 Å². The second kappa shape index (κ2) is 6.38. The Morgan fingerprint density at radius 3 is 2.70 bits per heavy atom. The van der Waals surface area contributed by atoms with E-state index in [1.54, 1.807) is 4.31 Å². The Labute approximate surface area is 160 Å². The number of hydrogen-bond acceptors (Lipinski definition) is 4. The van der Waals surface area contributed by atoms with E-state index in [4.69, 9.17) is 4.98 Å². The molecule has 1 aromatic rings. The van der Waals surface area contributed by atoms with Crippen LogP contribution in [0.3, 0.4) is 0 Å². The third-order valence-electron chi connectivity index (χ3n) is 6.00. The molecule has 0 radical (unpaired) electrons. The first kappa shape index (κ1) is 17.3. The lowest BCUT2D eigenvalue weighted by molar-refractivity contribution is -0.119. The summed E-state index contributed by atoms with van der Waals surface area (Å²) in [4.78, 5) is 17.0. The third-order valence-corrected chi connectivity index (χ3v) is 8.36. The van der Waals surface area contributed by atoms with E-state index in [9.17, 15) is 13.2 Å². The number of sulfonamides is 1. The third kappa shape index (κ3) is 3.29. The van der Waals surface area contributed by atoms with E-state index < -0.39 is 10.0 Å². The highest BCUT2D eigenvalue weighted by Gasteiger charge is 2.40. The van der Waals surface area contributed by atoms with Crippen molar-refractivity contribution in [2.45, 2.75) is 50.2 Å². The summed E-state index contributed by atoms with van der Waals surface area (Å²) < 4.78 is 26.6. The number of nitrogens with zero attached hydrogens (tertiary/aromatic N) is 2. The van der Waals surface area contributed by atoms with E-state index in [0.29, 0.717) is 31.7 Å². The maximum absolute atomic E-state index is 12.5. The lowest BCUT2D eigenvalue weighted by atomic mass is 9.94. The van der Waals surface area contributed by atoms with Crippen LogP contribution in [0.5, 0.6) is 0 Å². The van der Waals surface area contributed by atoms with E-state index in [-0.39, 0.29) is 11.2 Å². The predicted molar refractivity (Wildman–Crippen MR) is 105 cm³/mol. The Kier molecular flexibility index (Phi) is 4.09. The Morgan fingerprint density at radius 2 is 2.04 bits per heavy atom. The molecule has 142 valence electrons. The summed E-state index contributed by atoms with van der Waals surface area (Å²) in [7, 11) is -3.11.